The topological polar surface area (TPSA) is 68.7 Å². The Bertz CT molecular complexity index is 1060. The second-order valence-corrected chi connectivity index (χ2v) is 10.4. The number of hydrogen-bond donors (Lipinski definition) is 0. The molecule has 0 spiro atoms. The van der Waals surface area contributed by atoms with E-state index in [0.717, 1.165) is 50.4 Å². The fourth-order valence-electron chi connectivity index (χ4n) is 4.63. The largest absolute Gasteiger partial charge is 0.490 e. The van der Waals surface area contributed by atoms with Gasteiger partial charge in [0.05, 0.1) is 29.4 Å². The van der Waals surface area contributed by atoms with Crippen molar-refractivity contribution in [1.82, 2.24) is 14.2 Å². The van der Waals surface area contributed by atoms with E-state index in [-0.39, 0.29) is 10.9 Å². The maximum atomic E-state index is 13.5. The molecule has 1 atom stereocenters. The zero-order valence-corrected chi connectivity index (χ0v) is 18.9. The fourth-order valence-corrected chi connectivity index (χ4v) is 6.05. The molecule has 1 unspecified atom stereocenters. The maximum absolute atomic E-state index is 13.5. The molecule has 1 aliphatic carbocycles. The molecule has 5 rings (SSSR count). The Morgan fingerprint density at radius 3 is 2.81 bits per heavy atom. The van der Waals surface area contributed by atoms with Crippen LogP contribution >= 0.6 is 0 Å². The molecular weight excluding hydrogens is 414 g/mol. The van der Waals surface area contributed by atoms with Crippen LogP contribution in [0.2, 0.25) is 0 Å². The molecule has 1 fully saturated rings. The van der Waals surface area contributed by atoms with E-state index >= 15 is 0 Å². The first-order valence-electron chi connectivity index (χ1n) is 10.8. The van der Waals surface area contributed by atoms with Crippen LogP contribution in [0.15, 0.2) is 51.6 Å². The van der Waals surface area contributed by atoms with E-state index in [1.54, 1.807) is 18.3 Å². The van der Waals surface area contributed by atoms with E-state index in [1.807, 2.05) is 19.2 Å². The van der Waals surface area contributed by atoms with Crippen molar-refractivity contribution in [2.24, 2.45) is 5.10 Å². The molecular formula is C22H29N5O3S. The summed E-state index contributed by atoms with van der Waals surface area (Å²) >= 11 is 0. The van der Waals surface area contributed by atoms with Gasteiger partial charge in [-0.15, -0.1) is 0 Å². The normalized spacial score (nSPS) is 24.2. The zero-order chi connectivity index (χ0) is 21.6. The fraction of sp³-hybridized carbons (Fsp3) is 0.500. The number of fused-ring (bicyclic) bond motifs is 2. The van der Waals surface area contributed by atoms with Crippen molar-refractivity contribution in [3.05, 3.63) is 41.6 Å². The minimum atomic E-state index is -3.79. The number of ether oxygens (including phenoxy) is 1. The van der Waals surface area contributed by atoms with E-state index in [1.165, 1.54) is 10.1 Å². The summed E-state index contributed by atoms with van der Waals surface area (Å²) in [4.78, 5) is 7.02. The number of hydrogen-bond acceptors (Lipinski definition) is 7. The van der Waals surface area contributed by atoms with Crippen molar-refractivity contribution in [2.75, 3.05) is 58.3 Å². The third-order valence-corrected chi connectivity index (χ3v) is 8.23. The van der Waals surface area contributed by atoms with Gasteiger partial charge in [0.1, 0.15) is 12.4 Å². The summed E-state index contributed by atoms with van der Waals surface area (Å²) in [6.07, 6.45) is 7.56. The molecule has 3 heterocycles. The van der Waals surface area contributed by atoms with Gasteiger partial charge in [-0.25, -0.2) is 0 Å². The Kier molecular flexibility index (Phi) is 5.18. The molecule has 0 amide bonds. The smallest absolute Gasteiger partial charge is 0.279 e. The van der Waals surface area contributed by atoms with E-state index < -0.39 is 10.0 Å². The average Bonchev–Trinajstić information content (AvgIpc) is 3.08. The zero-order valence-electron chi connectivity index (χ0n) is 18.1. The molecule has 0 radical (unpaired) electrons. The lowest BCUT2D eigenvalue weighted by molar-refractivity contribution is 0.299. The Morgan fingerprint density at radius 2 is 1.94 bits per heavy atom. The molecule has 31 heavy (non-hydrogen) atoms. The van der Waals surface area contributed by atoms with Crippen molar-refractivity contribution in [1.29, 1.82) is 0 Å². The highest BCUT2D eigenvalue weighted by Crippen LogP contribution is 2.37. The van der Waals surface area contributed by atoms with Gasteiger partial charge in [-0.2, -0.15) is 17.9 Å². The van der Waals surface area contributed by atoms with Crippen molar-refractivity contribution >= 4 is 21.9 Å². The predicted octanol–water partition coefficient (Wildman–Crippen LogP) is 1.73. The van der Waals surface area contributed by atoms with Gasteiger partial charge in [-0.05, 0) is 43.8 Å². The van der Waals surface area contributed by atoms with Gasteiger partial charge in [0.25, 0.3) is 10.0 Å². The molecule has 0 bridgehead atoms. The van der Waals surface area contributed by atoms with E-state index in [4.69, 9.17) is 4.74 Å². The van der Waals surface area contributed by atoms with Crippen molar-refractivity contribution in [3.8, 4) is 5.75 Å². The molecule has 4 aliphatic rings. The Morgan fingerprint density at radius 1 is 1.06 bits per heavy atom. The molecule has 1 aromatic carbocycles. The molecule has 9 heteroatoms. The maximum Gasteiger partial charge on any atom is 0.279 e. The van der Waals surface area contributed by atoms with Crippen molar-refractivity contribution in [2.45, 2.75) is 23.8 Å². The first-order chi connectivity index (χ1) is 14.9. The van der Waals surface area contributed by atoms with E-state index in [2.05, 4.69) is 32.9 Å². The van der Waals surface area contributed by atoms with Crippen LogP contribution in [0, 0.1) is 0 Å². The van der Waals surface area contributed by atoms with Gasteiger partial charge in [-0.3, -0.25) is 0 Å². The Labute approximate surface area is 184 Å². The third-order valence-electron chi connectivity index (χ3n) is 6.54. The lowest BCUT2D eigenvalue weighted by atomic mass is 9.98. The standard InChI is InChI=1S/C22H29N5O3S/c1-24-8-3-9-26(11-10-24)18-5-4-17-16-23-27(21(17)14-18)31(28,29)19-6-7-20-22(15-19)30-13-12-25(20)2/h4-7,15-16,21H,3,8-14H2,1-2H3. The second kappa shape index (κ2) is 7.87. The number of benzene rings is 1. The number of nitrogens with zero attached hydrogens (tertiary/aromatic N) is 5. The summed E-state index contributed by atoms with van der Waals surface area (Å²) in [6.45, 7) is 5.39. The van der Waals surface area contributed by atoms with Crippen LogP contribution in [0.4, 0.5) is 5.69 Å². The summed E-state index contributed by atoms with van der Waals surface area (Å²) in [7, 11) is 0.341. The van der Waals surface area contributed by atoms with Crippen LogP contribution < -0.4 is 9.64 Å². The number of sulfonamides is 1. The second-order valence-electron chi connectivity index (χ2n) is 8.61. The number of anilines is 1. The molecule has 1 saturated heterocycles. The predicted molar refractivity (Wildman–Crippen MR) is 121 cm³/mol. The van der Waals surface area contributed by atoms with Crippen LogP contribution in [0.25, 0.3) is 0 Å². The SMILES string of the molecule is CN1CCCN(C2=CC=C3C=NN(S(=O)(=O)c4ccc5c(c4)OCCN5C)C3C2)CC1. The first kappa shape index (κ1) is 20.4. The minimum Gasteiger partial charge on any atom is -0.490 e. The highest BCUT2D eigenvalue weighted by Gasteiger charge is 2.38. The van der Waals surface area contributed by atoms with Gasteiger partial charge in [0.2, 0.25) is 0 Å². The molecule has 0 aromatic heterocycles. The first-order valence-corrected chi connectivity index (χ1v) is 12.3. The van der Waals surface area contributed by atoms with Gasteiger partial charge < -0.3 is 19.4 Å². The molecule has 166 valence electrons. The van der Waals surface area contributed by atoms with E-state index in [9.17, 15) is 8.42 Å². The number of rotatable bonds is 3. The Hall–Kier alpha value is -2.52. The van der Waals surface area contributed by atoms with Gasteiger partial charge in [0, 0.05) is 44.9 Å². The van der Waals surface area contributed by atoms with Crippen LogP contribution in [0.1, 0.15) is 12.8 Å². The molecule has 8 nitrogen and oxygen atoms in total. The average molecular weight is 444 g/mol. The lowest BCUT2D eigenvalue weighted by Crippen LogP contribution is -2.38. The third kappa shape index (κ3) is 3.70. The molecule has 3 aliphatic heterocycles. The monoisotopic (exact) mass is 443 g/mol. The Balaban J connectivity index is 1.39. The number of allylic oxidation sites excluding steroid dienone is 2. The van der Waals surface area contributed by atoms with Crippen LogP contribution in [-0.2, 0) is 10.0 Å². The van der Waals surface area contributed by atoms with Crippen LogP contribution in [0.3, 0.4) is 0 Å². The highest BCUT2D eigenvalue weighted by molar-refractivity contribution is 7.89. The van der Waals surface area contributed by atoms with Crippen molar-refractivity contribution in [3.63, 3.8) is 0 Å². The summed E-state index contributed by atoms with van der Waals surface area (Å²) in [5.74, 6) is 0.603. The molecule has 1 aromatic rings. The summed E-state index contributed by atoms with van der Waals surface area (Å²) in [5, 5.41) is 4.31. The minimum absolute atomic E-state index is 0.215. The summed E-state index contributed by atoms with van der Waals surface area (Å²) < 4.78 is 34.0. The quantitative estimate of drug-likeness (QED) is 0.709. The van der Waals surface area contributed by atoms with Gasteiger partial charge in [-0.1, -0.05) is 6.08 Å². The lowest BCUT2D eigenvalue weighted by Gasteiger charge is -2.33. The van der Waals surface area contributed by atoms with Crippen LogP contribution in [0.5, 0.6) is 5.75 Å². The number of likely N-dealkylation sites (N-methyl/N-ethyl adjacent to an activating group) is 2. The van der Waals surface area contributed by atoms with Crippen LogP contribution in [-0.4, -0.2) is 88.3 Å². The highest BCUT2D eigenvalue weighted by atomic mass is 32.2. The molecule has 0 N–H and O–H groups in total. The summed E-state index contributed by atoms with van der Waals surface area (Å²) in [5.41, 5.74) is 3.03. The van der Waals surface area contributed by atoms with Crippen molar-refractivity contribution < 1.29 is 13.2 Å². The number of hydrazone groups is 1. The van der Waals surface area contributed by atoms with Gasteiger partial charge in [0.15, 0.2) is 0 Å². The van der Waals surface area contributed by atoms with E-state index in [0.29, 0.717) is 18.8 Å². The van der Waals surface area contributed by atoms with Gasteiger partial charge >= 0.3 is 0 Å². The molecule has 0 saturated carbocycles. The summed E-state index contributed by atoms with van der Waals surface area (Å²) in [6, 6.07) is 4.80.